The second-order valence-electron chi connectivity index (χ2n) is 4.44. The normalized spacial score (nSPS) is 12.0. The van der Waals surface area contributed by atoms with E-state index >= 15 is 0 Å². The Labute approximate surface area is 142 Å². The second-order valence-corrected chi connectivity index (χ2v) is 7.50. The van der Waals surface area contributed by atoms with Crippen molar-refractivity contribution in [2.24, 2.45) is 0 Å². The Balaban J connectivity index is 2.10. The van der Waals surface area contributed by atoms with Gasteiger partial charge >= 0.3 is 0 Å². The fraction of sp³-hybridized carbons (Fsp3) is 0.357. The summed E-state index contributed by atoms with van der Waals surface area (Å²) in [6.07, 6.45) is 0.679. The molecule has 22 heavy (non-hydrogen) atoms. The highest BCUT2D eigenvalue weighted by Gasteiger charge is 2.21. The molecule has 1 heterocycles. The van der Waals surface area contributed by atoms with Crippen molar-refractivity contribution in [3.05, 3.63) is 28.2 Å². The smallest absolute Gasteiger partial charge is 0.238 e. The van der Waals surface area contributed by atoms with Crippen molar-refractivity contribution in [2.45, 2.75) is 29.9 Å². The molecular formula is C14H16ClN3O2S2. The minimum Gasteiger partial charge on any atom is -0.495 e. The van der Waals surface area contributed by atoms with Crippen LogP contribution in [-0.2, 0) is 4.79 Å². The number of aryl methyl sites for hydroxylation is 1. The Morgan fingerprint density at radius 1 is 1.50 bits per heavy atom. The third-order valence-corrected chi connectivity index (χ3v) is 5.36. The molecule has 0 saturated carbocycles. The topological polar surface area (TPSA) is 64.1 Å². The third-order valence-electron chi connectivity index (χ3n) is 2.83. The quantitative estimate of drug-likeness (QED) is 0.791. The van der Waals surface area contributed by atoms with Gasteiger partial charge in [-0.15, -0.1) is 10.2 Å². The highest BCUT2D eigenvalue weighted by molar-refractivity contribution is 8.02. The van der Waals surface area contributed by atoms with E-state index in [1.54, 1.807) is 25.3 Å². The number of thioether (sulfide) groups is 1. The number of nitrogens with one attached hydrogen (secondary N) is 1. The number of aromatic nitrogens is 2. The average Bonchev–Trinajstić information content (AvgIpc) is 2.90. The van der Waals surface area contributed by atoms with Gasteiger partial charge in [-0.3, -0.25) is 4.79 Å². The molecule has 0 spiro atoms. The highest BCUT2D eigenvalue weighted by Crippen LogP contribution is 2.31. The zero-order valence-electron chi connectivity index (χ0n) is 12.4. The lowest BCUT2D eigenvalue weighted by Gasteiger charge is -2.15. The zero-order chi connectivity index (χ0) is 16.1. The fourth-order valence-corrected chi connectivity index (χ4v) is 3.92. The van der Waals surface area contributed by atoms with Crippen LogP contribution in [0.25, 0.3) is 0 Å². The number of hydrogen-bond acceptors (Lipinski definition) is 6. The maximum absolute atomic E-state index is 12.5. The third kappa shape index (κ3) is 4.34. The zero-order valence-corrected chi connectivity index (χ0v) is 14.8. The molecule has 2 rings (SSSR count). The number of carbonyl (C=O) groups is 1. The van der Waals surface area contributed by atoms with Gasteiger partial charge in [-0.2, -0.15) is 0 Å². The van der Waals surface area contributed by atoms with E-state index in [1.165, 1.54) is 23.1 Å². The minimum absolute atomic E-state index is 0.110. The number of nitrogens with zero attached hydrogens (tertiary/aromatic N) is 2. The Hall–Kier alpha value is -1.31. The van der Waals surface area contributed by atoms with Crippen LogP contribution in [0.2, 0.25) is 5.02 Å². The summed E-state index contributed by atoms with van der Waals surface area (Å²) < 4.78 is 6.03. The van der Waals surface area contributed by atoms with Crippen molar-refractivity contribution in [1.29, 1.82) is 0 Å². The highest BCUT2D eigenvalue weighted by atomic mass is 35.5. The van der Waals surface area contributed by atoms with Crippen molar-refractivity contribution in [2.75, 3.05) is 12.4 Å². The van der Waals surface area contributed by atoms with Crippen LogP contribution in [0.1, 0.15) is 18.4 Å². The van der Waals surface area contributed by atoms with Crippen LogP contribution in [0.4, 0.5) is 5.69 Å². The summed E-state index contributed by atoms with van der Waals surface area (Å²) in [6.45, 7) is 3.85. The van der Waals surface area contributed by atoms with Gasteiger partial charge in [0.05, 0.1) is 18.0 Å². The van der Waals surface area contributed by atoms with Gasteiger partial charge in [0, 0.05) is 5.02 Å². The van der Waals surface area contributed by atoms with Gasteiger partial charge in [-0.05, 0) is 31.5 Å². The van der Waals surface area contributed by atoms with Crippen molar-refractivity contribution in [1.82, 2.24) is 10.2 Å². The summed E-state index contributed by atoms with van der Waals surface area (Å²) >= 11 is 8.87. The maximum Gasteiger partial charge on any atom is 0.238 e. The Kier molecular flexibility index (Phi) is 6.05. The molecular weight excluding hydrogens is 342 g/mol. The van der Waals surface area contributed by atoms with Crippen LogP contribution in [0.15, 0.2) is 22.5 Å². The molecule has 0 saturated heterocycles. The average molecular weight is 358 g/mol. The monoisotopic (exact) mass is 357 g/mol. The van der Waals surface area contributed by atoms with Crippen molar-refractivity contribution >= 4 is 46.3 Å². The number of amides is 1. The standard InChI is InChI=1S/C14H16ClN3O2S2/c1-4-12(22-14-18-17-8(2)21-14)13(19)16-10-7-9(15)5-6-11(10)20-3/h5-7,12H,4H2,1-3H3,(H,16,19). The largest absolute Gasteiger partial charge is 0.495 e. The lowest BCUT2D eigenvalue weighted by atomic mass is 10.2. The summed E-state index contributed by atoms with van der Waals surface area (Å²) in [5.41, 5.74) is 0.562. The van der Waals surface area contributed by atoms with Crippen molar-refractivity contribution in [3.63, 3.8) is 0 Å². The second kappa shape index (κ2) is 7.80. The molecule has 1 aromatic carbocycles. The van der Waals surface area contributed by atoms with Gasteiger partial charge < -0.3 is 10.1 Å². The summed E-state index contributed by atoms with van der Waals surface area (Å²) in [6, 6.07) is 5.11. The fourth-order valence-electron chi connectivity index (χ4n) is 1.76. The molecule has 1 aromatic heterocycles. The number of ether oxygens (including phenoxy) is 1. The maximum atomic E-state index is 12.5. The number of carbonyl (C=O) groups excluding carboxylic acids is 1. The summed E-state index contributed by atoms with van der Waals surface area (Å²) in [5, 5.41) is 12.0. The van der Waals surface area contributed by atoms with E-state index in [0.29, 0.717) is 22.9 Å². The van der Waals surface area contributed by atoms with E-state index in [-0.39, 0.29) is 11.2 Å². The molecule has 1 N–H and O–H groups in total. The van der Waals surface area contributed by atoms with Crippen molar-refractivity contribution in [3.8, 4) is 5.75 Å². The Morgan fingerprint density at radius 2 is 2.27 bits per heavy atom. The summed E-state index contributed by atoms with van der Waals surface area (Å²) in [4.78, 5) is 12.5. The van der Waals surface area contributed by atoms with Crippen LogP contribution in [-0.4, -0.2) is 28.5 Å². The molecule has 5 nitrogen and oxygen atoms in total. The van der Waals surface area contributed by atoms with Crippen LogP contribution in [0, 0.1) is 6.92 Å². The van der Waals surface area contributed by atoms with Gasteiger partial charge in [0.1, 0.15) is 10.8 Å². The van der Waals surface area contributed by atoms with Crippen LogP contribution in [0.3, 0.4) is 0 Å². The molecule has 0 aliphatic rings. The number of methoxy groups -OCH3 is 1. The molecule has 8 heteroatoms. The first-order valence-electron chi connectivity index (χ1n) is 6.64. The number of anilines is 1. The van der Waals surface area contributed by atoms with E-state index in [9.17, 15) is 4.79 Å². The Bertz CT molecular complexity index is 663. The van der Waals surface area contributed by atoms with Crippen LogP contribution in [0.5, 0.6) is 5.75 Å². The van der Waals surface area contributed by atoms with Gasteiger partial charge in [-0.25, -0.2) is 0 Å². The molecule has 1 amide bonds. The Morgan fingerprint density at radius 3 is 2.86 bits per heavy atom. The van der Waals surface area contributed by atoms with E-state index in [2.05, 4.69) is 15.5 Å². The number of halogens is 1. The van der Waals surface area contributed by atoms with E-state index in [1.807, 2.05) is 13.8 Å². The summed E-state index contributed by atoms with van der Waals surface area (Å²) in [7, 11) is 1.55. The first kappa shape index (κ1) is 17.1. The first-order chi connectivity index (χ1) is 10.5. The van der Waals surface area contributed by atoms with Crippen LogP contribution >= 0.6 is 34.7 Å². The van der Waals surface area contributed by atoms with Crippen molar-refractivity contribution < 1.29 is 9.53 Å². The molecule has 0 fully saturated rings. The first-order valence-corrected chi connectivity index (χ1v) is 8.72. The molecule has 118 valence electrons. The molecule has 1 atom stereocenters. The molecule has 1 unspecified atom stereocenters. The lowest BCUT2D eigenvalue weighted by Crippen LogP contribution is -2.24. The minimum atomic E-state index is -0.254. The molecule has 0 bridgehead atoms. The molecule has 2 aromatic rings. The number of benzene rings is 1. The molecule has 0 aliphatic carbocycles. The SMILES string of the molecule is CCC(Sc1nnc(C)s1)C(=O)Nc1cc(Cl)ccc1OC. The summed E-state index contributed by atoms with van der Waals surface area (Å²) in [5.74, 6) is 0.463. The molecule has 0 radical (unpaired) electrons. The van der Waals surface area contributed by atoms with Gasteiger partial charge in [-0.1, -0.05) is 41.6 Å². The van der Waals surface area contributed by atoms with Gasteiger partial charge in [0.2, 0.25) is 5.91 Å². The van der Waals surface area contributed by atoms with Gasteiger partial charge in [0.15, 0.2) is 4.34 Å². The number of hydrogen-bond donors (Lipinski definition) is 1. The number of rotatable bonds is 6. The van der Waals surface area contributed by atoms with Crippen LogP contribution < -0.4 is 10.1 Å². The molecule has 0 aliphatic heterocycles. The van der Waals surface area contributed by atoms with E-state index in [0.717, 1.165) is 9.35 Å². The van der Waals surface area contributed by atoms with E-state index < -0.39 is 0 Å². The van der Waals surface area contributed by atoms with Gasteiger partial charge in [0.25, 0.3) is 0 Å². The predicted molar refractivity (Wildman–Crippen MR) is 91.2 cm³/mol. The predicted octanol–water partition coefficient (Wildman–Crippen LogP) is 4.02. The van der Waals surface area contributed by atoms with E-state index in [4.69, 9.17) is 16.3 Å². The lowest BCUT2D eigenvalue weighted by molar-refractivity contribution is -0.115.